The van der Waals surface area contributed by atoms with E-state index in [0.717, 1.165) is 22.4 Å². The van der Waals surface area contributed by atoms with E-state index < -0.39 is 11.7 Å². The molecule has 9 nitrogen and oxygen atoms in total. The molecule has 1 heterocycles. The van der Waals surface area contributed by atoms with Crippen molar-refractivity contribution in [2.24, 2.45) is 5.10 Å². The first-order chi connectivity index (χ1) is 22.2. The maximum absolute atomic E-state index is 13.8. The van der Waals surface area contributed by atoms with Gasteiger partial charge in [0.05, 0.1) is 30.8 Å². The zero-order chi connectivity index (χ0) is 32.8. The van der Waals surface area contributed by atoms with Crippen LogP contribution in [0.15, 0.2) is 88.8 Å². The van der Waals surface area contributed by atoms with Crippen molar-refractivity contribution in [3.8, 4) is 28.6 Å². The Balaban J connectivity index is 1.47. The van der Waals surface area contributed by atoms with Crippen molar-refractivity contribution in [1.29, 1.82) is 0 Å². The molecule has 1 N–H and O–H groups in total. The fourth-order valence-corrected chi connectivity index (χ4v) is 4.99. The molecular weight excluding hydrogens is 587 g/mol. The van der Waals surface area contributed by atoms with Crippen molar-refractivity contribution in [2.75, 3.05) is 25.6 Å². The number of methoxy groups -OCH3 is 1. The predicted molar refractivity (Wildman–Crippen MR) is 178 cm³/mol. The molecule has 0 aliphatic heterocycles. The second-order valence-electron chi connectivity index (χ2n) is 10.9. The van der Waals surface area contributed by atoms with Crippen LogP contribution in [0.25, 0.3) is 22.3 Å². The highest BCUT2D eigenvalue weighted by atomic mass is 19.1. The van der Waals surface area contributed by atoms with Gasteiger partial charge < -0.3 is 19.5 Å². The maximum Gasteiger partial charge on any atom is 0.282 e. The van der Waals surface area contributed by atoms with Crippen molar-refractivity contribution < 1.29 is 23.4 Å². The van der Waals surface area contributed by atoms with E-state index in [2.05, 4.69) is 24.3 Å². The molecule has 0 saturated carbocycles. The van der Waals surface area contributed by atoms with Crippen LogP contribution < -0.4 is 25.1 Å². The van der Waals surface area contributed by atoms with Crippen LogP contribution in [0.1, 0.15) is 43.4 Å². The lowest BCUT2D eigenvalue weighted by atomic mass is 9.96. The molecule has 0 spiro atoms. The van der Waals surface area contributed by atoms with Crippen LogP contribution in [-0.4, -0.2) is 42.1 Å². The minimum Gasteiger partial charge on any atom is -0.494 e. The third-order valence-electron chi connectivity index (χ3n) is 7.25. The molecule has 0 aliphatic rings. The number of anilines is 1. The van der Waals surface area contributed by atoms with Gasteiger partial charge in [-0.25, -0.2) is 9.37 Å². The Hall–Kier alpha value is -5.51. The van der Waals surface area contributed by atoms with Gasteiger partial charge in [-0.3, -0.25) is 9.59 Å². The molecule has 0 aliphatic carbocycles. The summed E-state index contributed by atoms with van der Waals surface area (Å²) < 4.78 is 31.8. The van der Waals surface area contributed by atoms with Crippen molar-refractivity contribution in [1.82, 2.24) is 9.66 Å². The summed E-state index contributed by atoms with van der Waals surface area (Å²) >= 11 is 0. The molecule has 236 valence electrons. The van der Waals surface area contributed by atoms with Crippen LogP contribution in [0.2, 0.25) is 0 Å². The molecule has 5 aromatic rings. The fraction of sp³-hybridized carbons (Fsp3) is 0.222. The summed E-state index contributed by atoms with van der Waals surface area (Å²) in [5.74, 6) is 1.14. The number of aryl methyl sites for hydroxylation is 1. The van der Waals surface area contributed by atoms with Gasteiger partial charge in [0.25, 0.3) is 11.5 Å². The standard InChI is InChI=1S/C36H35FN4O5/c1-6-45-32-16-23(4)29(19-28(32)22(2)3)35-40-30-13-8-7-12-27(30)36(43)41(35)38-20-24-14-15-31(33(17-24)44-5)46-21-34(42)39-26-11-9-10-25(37)18-26/h7-20,22H,6,21H2,1-5H3,(H,39,42). The predicted octanol–water partition coefficient (Wildman–Crippen LogP) is 6.94. The second kappa shape index (κ2) is 14.1. The van der Waals surface area contributed by atoms with E-state index in [1.807, 2.05) is 38.1 Å². The molecule has 1 amide bonds. The Morgan fingerprint density at radius 1 is 1.00 bits per heavy atom. The van der Waals surface area contributed by atoms with Crippen LogP contribution in [0, 0.1) is 12.7 Å². The van der Waals surface area contributed by atoms with E-state index >= 15 is 0 Å². The van der Waals surface area contributed by atoms with Crippen molar-refractivity contribution >= 4 is 28.7 Å². The summed E-state index contributed by atoms with van der Waals surface area (Å²) in [5.41, 5.74) is 3.86. The summed E-state index contributed by atoms with van der Waals surface area (Å²) in [6.45, 7) is 8.31. The minimum atomic E-state index is -0.459. The number of para-hydroxylation sites is 1. The number of hydrogen-bond acceptors (Lipinski definition) is 7. The van der Waals surface area contributed by atoms with Gasteiger partial charge in [-0.2, -0.15) is 9.78 Å². The number of benzene rings is 4. The van der Waals surface area contributed by atoms with Gasteiger partial charge in [0.15, 0.2) is 23.9 Å². The van der Waals surface area contributed by atoms with E-state index in [9.17, 15) is 14.0 Å². The van der Waals surface area contributed by atoms with Gasteiger partial charge in [-0.1, -0.05) is 32.0 Å². The van der Waals surface area contributed by atoms with Crippen LogP contribution in [0.4, 0.5) is 10.1 Å². The smallest absolute Gasteiger partial charge is 0.282 e. The normalized spacial score (nSPS) is 11.3. The number of hydrogen-bond donors (Lipinski definition) is 1. The Morgan fingerprint density at radius 2 is 1.80 bits per heavy atom. The molecule has 1 aromatic heterocycles. The Labute approximate surface area is 266 Å². The molecule has 46 heavy (non-hydrogen) atoms. The molecule has 0 radical (unpaired) electrons. The number of fused-ring (bicyclic) bond motifs is 1. The molecule has 0 unspecified atom stereocenters. The summed E-state index contributed by atoms with van der Waals surface area (Å²) in [6, 6.07) is 21.8. The second-order valence-corrected chi connectivity index (χ2v) is 10.9. The topological polar surface area (TPSA) is 104 Å². The summed E-state index contributed by atoms with van der Waals surface area (Å²) in [7, 11) is 1.48. The van der Waals surface area contributed by atoms with E-state index in [-0.39, 0.29) is 18.1 Å². The van der Waals surface area contributed by atoms with Gasteiger partial charge in [0, 0.05) is 11.3 Å². The molecule has 10 heteroatoms. The first kappa shape index (κ1) is 31.9. The van der Waals surface area contributed by atoms with E-state index in [1.165, 1.54) is 36.2 Å². The van der Waals surface area contributed by atoms with Crippen LogP contribution >= 0.6 is 0 Å². The lowest BCUT2D eigenvalue weighted by Gasteiger charge is -2.18. The number of amides is 1. The lowest BCUT2D eigenvalue weighted by molar-refractivity contribution is -0.118. The number of carbonyl (C=O) groups excluding carboxylic acids is 1. The Morgan fingerprint density at radius 3 is 2.54 bits per heavy atom. The fourth-order valence-electron chi connectivity index (χ4n) is 4.99. The van der Waals surface area contributed by atoms with Gasteiger partial charge in [0.1, 0.15) is 11.6 Å². The number of rotatable bonds is 11. The summed E-state index contributed by atoms with van der Waals surface area (Å²) in [5, 5.41) is 7.63. The maximum atomic E-state index is 13.8. The highest BCUT2D eigenvalue weighted by molar-refractivity contribution is 5.92. The summed E-state index contributed by atoms with van der Waals surface area (Å²) in [4.78, 5) is 31.0. The first-order valence-electron chi connectivity index (χ1n) is 14.9. The van der Waals surface area contributed by atoms with Gasteiger partial charge in [-0.15, -0.1) is 0 Å². The molecule has 0 bridgehead atoms. The van der Waals surface area contributed by atoms with Gasteiger partial charge in [0.2, 0.25) is 0 Å². The molecule has 5 rings (SSSR count). The number of carbonyl (C=O) groups is 1. The largest absolute Gasteiger partial charge is 0.494 e. The first-order valence-corrected chi connectivity index (χ1v) is 14.9. The van der Waals surface area contributed by atoms with E-state index in [1.54, 1.807) is 36.4 Å². The zero-order valence-electron chi connectivity index (χ0n) is 26.3. The van der Waals surface area contributed by atoms with Gasteiger partial charge in [-0.05, 0) is 97.1 Å². The SMILES string of the molecule is CCOc1cc(C)c(-c2nc3ccccc3c(=O)n2N=Cc2ccc(OCC(=O)Nc3cccc(F)c3)c(OC)c2)cc1C(C)C. The monoisotopic (exact) mass is 622 g/mol. The average molecular weight is 623 g/mol. The average Bonchev–Trinajstić information content (AvgIpc) is 3.03. The third-order valence-corrected chi connectivity index (χ3v) is 7.25. The van der Waals surface area contributed by atoms with Gasteiger partial charge >= 0.3 is 0 Å². The third kappa shape index (κ3) is 7.07. The highest BCUT2D eigenvalue weighted by Gasteiger charge is 2.19. The van der Waals surface area contributed by atoms with Crippen molar-refractivity contribution in [3.05, 3.63) is 112 Å². The number of ether oxygens (including phenoxy) is 3. The summed E-state index contributed by atoms with van der Waals surface area (Å²) in [6.07, 6.45) is 1.54. The lowest BCUT2D eigenvalue weighted by Crippen LogP contribution is -2.21. The van der Waals surface area contributed by atoms with Crippen molar-refractivity contribution in [2.45, 2.75) is 33.6 Å². The number of halogens is 1. The molecular formula is C36H35FN4O5. The Bertz CT molecular complexity index is 1990. The number of nitrogens with zero attached hydrogens (tertiary/aromatic N) is 3. The Kier molecular flexibility index (Phi) is 9.76. The minimum absolute atomic E-state index is 0.172. The number of nitrogens with one attached hydrogen (secondary N) is 1. The van der Waals surface area contributed by atoms with E-state index in [4.69, 9.17) is 19.2 Å². The van der Waals surface area contributed by atoms with Crippen LogP contribution in [0.3, 0.4) is 0 Å². The molecule has 0 saturated heterocycles. The molecule has 0 fully saturated rings. The quantitative estimate of drug-likeness (QED) is 0.160. The zero-order valence-corrected chi connectivity index (χ0v) is 26.3. The van der Waals surface area contributed by atoms with Crippen molar-refractivity contribution in [3.63, 3.8) is 0 Å². The highest BCUT2D eigenvalue weighted by Crippen LogP contribution is 2.34. The van der Waals surface area contributed by atoms with E-state index in [0.29, 0.717) is 46.1 Å². The van der Waals surface area contributed by atoms with Crippen LogP contribution in [0.5, 0.6) is 17.2 Å². The number of aromatic nitrogens is 2. The molecule has 0 atom stereocenters. The molecule has 4 aromatic carbocycles. The van der Waals surface area contributed by atoms with Crippen LogP contribution in [-0.2, 0) is 4.79 Å².